The summed E-state index contributed by atoms with van der Waals surface area (Å²) in [6.07, 6.45) is 0.923. The molecule has 8 heteroatoms. The maximum Gasteiger partial charge on any atom is 0.273 e. The number of nitrogens with zero attached hydrogens (tertiary/aromatic N) is 1. The molecule has 2 heterocycles. The highest BCUT2D eigenvalue weighted by molar-refractivity contribution is 5.92. The number of nitrogens with one attached hydrogen (secondary N) is 1. The first kappa shape index (κ1) is 16.4. The van der Waals surface area contributed by atoms with Crippen molar-refractivity contribution in [2.45, 2.75) is 13.0 Å². The van der Waals surface area contributed by atoms with Crippen molar-refractivity contribution in [2.75, 3.05) is 19.8 Å². The van der Waals surface area contributed by atoms with Gasteiger partial charge in [0, 0.05) is 31.2 Å². The second-order valence-electron chi connectivity index (χ2n) is 5.48. The molecule has 1 aromatic carbocycles. The zero-order chi connectivity index (χ0) is 16.9. The quantitative estimate of drug-likeness (QED) is 0.875. The van der Waals surface area contributed by atoms with E-state index in [-0.39, 0.29) is 24.0 Å². The van der Waals surface area contributed by atoms with E-state index in [2.05, 4.69) is 10.5 Å². The summed E-state index contributed by atoms with van der Waals surface area (Å²) in [5.74, 6) is -1.52. The minimum Gasteiger partial charge on any atom is -0.485 e. The van der Waals surface area contributed by atoms with Gasteiger partial charge in [0.25, 0.3) is 5.91 Å². The van der Waals surface area contributed by atoms with Gasteiger partial charge in [-0.15, -0.1) is 0 Å². The van der Waals surface area contributed by atoms with Gasteiger partial charge >= 0.3 is 0 Å². The molecule has 0 radical (unpaired) electrons. The van der Waals surface area contributed by atoms with Crippen LogP contribution in [0.15, 0.2) is 28.8 Å². The van der Waals surface area contributed by atoms with Gasteiger partial charge in [-0.25, -0.2) is 8.78 Å². The standard InChI is InChI=1S/C16H16F2N2O4/c17-13-2-1-11(5-14(13)18)23-9-12-6-15(20-24-12)16(21)19-7-10-3-4-22-8-10/h1-2,5-6,10H,3-4,7-9H2,(H,19,21)/t10-/m1/s1. The van der Waals surface area contributed by atoms with Crippen molar-refractivity contribution >= 4 is 5.91 Å². The van der Waals surface area contributed by atoms with E-state index in [1.165, 1.54) is 12.1 Å². The maximum atomic E-state index is 13.1. The van der Waals surface area contributed by atoms with Crippen molar-refractivity contribution in [3.05, 3.63) is 47.4 Å². The van der Waals surface area contributed by atoms with Crippen LogP contribution in [0.1, 0.15) is 22.7 Å². The van der Waals surface area contributed by atoms with Gasteiger partial charge in [-0.05, 0) is 18.6 Å². The average molecular weight is 338 g/mol. The van der Waals surface area contributed by atoms with Crippen LogP contribution in [0.2, 0.25) is 0 Å². The van der Waals surface area contributed by atoms with Crippen LogP contribution < -0.4 is 10.1 Å². The predicted molar refractivity (Wildman–Crippen MR) is 78.5 cm³/mol. The first-order chi connectivity index (χ1) is 11.6. The smallest absolute Gasteiger partial charge is 0.273 e. The number of aromatic nitrogens is 1. The molecule has 24 heavy (non-hydrogen) atoms. The number of amides is 1. The van der Waals surface area contributed by atoms with Crippen molar-refractivity contribution in [1.82, 2.24) is 10.5 Å². The van der Waals surface area contributed by atoms with Gasteiger partial charge in [-0.3, -0.25) is 4.79 Å². The van der Waals surface area contributed by atoms with E-state index >= 15 is 0 Å². The number of halogens is 2. The Morgan fingerprint density at radius 1 is 1.33 bits per heavy atom. The van der Waals surface area contributed by atoms with Gasteiger partial charge in [0.15, 0.2) is 23.1 Å². The molecule has 6 nitrogen and oxygen atoms in total. The van der Waals surface area contributed by atoms with Gasteiger partial charge in [0.1, 0.15) is 12.4 Å². The summed E-state index contributed by atoms with van der Waals surface area (Å²) in [6.45, 7) is 1.83. The zero-order valence-corrected chi connectivity index (χ0v) is 12.8. The summed E-state index contributed by atoms with van der Waals surface area (Å²) in [4.78, 5) is 12.0. The molecule has 2 aromatic rings. The molecule has 0 aliphatic carbocycles. The minimum absolute atomic E-state index is 0.0538. The van der Waals surface area contributed by atoms with E-state index in [1.54, 1.807) is 0 Å². The molecule has 1 aromatic heterocycles. The SMILES string of the molecule is O=C(NC[C@H]1CCOC1)c1cc(COc2ccc(F)c(F)c2)on1. The highest BCUT2D eigenvalue weighted by Gasteiger charge is 2.18. The number of carbonyl (C=O) groups is 1. The van der Waals surface area contributed by atoms with Crippen molar-refractivity contribution in [1.29, 1.82) is 0 Å². The van der Waals surface area contributed by atoms with Crippen molar-refractivity contribution in [3.8, 4) is 5.75 Å². The monoisotopic (exact) mass is 338 g/mol. The Hall–Kier alpha value is -2.48. The van der Waals surface area contributed by atoms with Crippen LogP contribution in [0.25, 0.3) is 0 Å². The van der Waals surface area contributed by atoms with Crippen molar-refractivity contribution in [2.24, 2.45) is 5.92 Å². The van der Waals surface area contributed by atoms with Crippen LogP contribution in [0, 0.1) is 17.6 Å². The Morgan fingerprint density at radius 2 is 2.21 bits per heavy atom. The molecule has 0 saturated carbocycles. The van der Waals surface area contributed by atoms with E-state index in [0.717, 1.165) is 25.2 Å². The number of rotatable bonds is 6. The van der Waals surface area contributed by atoms with E-state index in [4.69, 9.17) is 14.0 Å². The molecule has 0 unspecified atom stereocenters. The number of benzene rings is 1. The molecule has 1 saturated heterocycles. The van der Waals surface area contributed by atoms with Crippen molar-refractivity contribution < 1.29 is 27.6 Å². The molecule has 128 valence electrons. The van der Waals surface area contributed by atoms with E-state index in [0.29, 0.717) is 24.8 Å². The summed E-state index contributed by atoms with van der Waals surface area (Å²) in [5.41, 5.74) is 0.137. The highest BCUT2D eigenvalue weighted by Crippen LogP contribution is 2.17. The van der Waals surface area contributed by atoms with Crippen molar-refractivity contribution in [3.63, 3.8) is 0 Å². The van der Waals surface area contributed by atoms with Gasteiger partial charge < -0.3 is 19.3 Å². The molecule has 1 aliphatic rings. The second kappa shape index (κ2) is 7.39. The van der Waals surface area contributed by atoms with E-state index < -0.39 is 11.6 Å². The van der Waals surface area contributed by atoms with Crippen LogP contribution in [0.5, 0.6) is 5.75 Å². The summed E-state index contributed by atoms with van der Waals surface area (Å²) in [7, 11) is 0. The molecule has 1 N–H and O–H groups in total. The zero-order valence-electron chi connectivity index (χ0n) is 12.8. The Bertz CT molecular complexity index is 714. The maximum absolute atomic E-state index is 13.1. The first-order valence-electron chi connectivity index (χ1n) is 7.51. The Kier molecular flexibility index (Phi) is 5.05. The topological polar surface area (TPSA) is 73.6 Å². The summed E-state index contributed by atoms with van der Waals surface area (Å²) < 4.78 is 41.4. The number of hydrogen-bond donors (Lipinski definition) is 1. The summed E-state index contributed by atoms with van der Waals surface area (Å²) in [5, 5.41) is 6.44. The third kappa shape index (κ3) is 4.08. The third-order valence-corrected chi connectivity index (χ3v) is 3.64. The Labute approximate surface area is 136 Å². The molecule has 1 aliphatic heterocycles. The fourth-order valence-electron chi connectivity index (χ4n) is 2.28. The lowest BCUT2D eigenvalue weighted by Gasteiger charge is -2.07. The first-order valence-corrected chi connectivity index (χ1v) is 7.51. The molecule has 1 atom stereocenters. The van der Waals surface area contributed by atoms with Gasteiger partial charge in [0.05, 0.1) is 6.61 Å². The fraction of sp³-hybridized carbons (Fsp3) is 0.375. The minimum atomic E-state index is -0.999. The predicted octanol–water partition coefficient (Wildman–Crippen LogP) is 2.30. The Balaban J connectivity index is 1.50. The lowest BCUT2D eigenvalue weighted by molar-refractivity contribution is 0.0935. The van der Waals surface area contributed by atoms with Crippen LogP contribution in [0.3, 0.4) is 0 Å². The summed E-state index contributed by atoms with van der Waals surface area (Å²) in [6, 6.07) is 4.64. The van der Waals surface area contributed by atoms with E-state index in [1.807, 2.05) is 0 Å². The van der Waals surface area contributed by atoms with Crippen LogP contribution in [0.4, 0.5) is 8.78 Å². The number of hydrogen-bond acceptors (Lipinski definition) is 5. The normalized spacial score (nSPS) is 17.0. The van der Waals surface area contributed by atoms with Crippen LogP contribution in [-0.4, -0.2) is 30.8 Å². The highest BCUT2D eigenvalue weighted by atomic mass is 19.2. The lowest BCUT2D eigenvalue weighted by Crippen LogP contribution is -2.29. The number of ether oxygens (including phenoxy) is 2. The molecule has 1 amide bonds. The summed E-state index contributed by atoms with van der Waals surface area (Å²) >= 11 is 0. The van der Waals surface area contributed by atoms with Crippen LogP contribution in [-0.2, 0) is 11.3 Å². The molecule has 1 fully saturated rings. The molecule has 0 bridgehead atoms. The van der Waals surface area contributed by atoms with Gasteiger partial charge in [-0.2, -0.15) is 0 Å². The molecular weight excluding hydrogens is 322 g/mol. The lowest BCUT2D eigenvalue weighted by atomic mass is 10.1. The largest absolute Gasteiger partial charge is 0.485 e. The number of carbonyl (C=O) groups excluding carboxylic acids is 1. The molecule has 3 rings (SSSR count). The molecular formula is C16H16F2N2O4. The van der Waals surface area contributed by atoms with Gasteiger partial charge in [0.2, 0.25) is 0 Å². The van der Waals surface area contributed by atoms with Gasteiger partial charge in [-0.1, -0.05) is 5.16 Å². The third-order valence-electron chi connectivity index (χ3n) is 3.64. The fourth-order valence-corrected chi connectivity index (χ4v) is 2.28. The van der Waals surface area contributed by atoms with E-state index in [9.17, 15) is 13.6 Å². The van der Waals surface area contributed by atoms with Crippen LogP contribution >= 0.6 is 0 Å². The second-order valence-corrected chi connectivity index (χ2v) is 5.48. The Morgan fingerprint density at radius 3 is 2.96 bits per heavy atom. The average Bonchev–Trinajstić information content (AvgIpc) is 3.25. The molecule has 0 spiro atoms.